The van der Waals surface area contributed by atoms with Crippen LogP contribution in [-0.2, 0) is 9.53 Å². The summed E-state index contributed by atoms with van der Waals surface area (Å²) in [6, 6.07) is 6.40. The van der Waals surface area contributed by atoms with Crippen LogP contribution in [0.3, 0.4) is 0 Å². The Balaban J connectivity index is 1.92. The number of hydrogen-bond donors (Lipinski definition) is 1. The maximum absolute atomic E-state index is 12.6. The van der Waals surface area contributed by atoms with Gasteiger partial charge in [0.25, 0.3) is 5.91 Å². The number of furan rings is 1. The van der Waals surface area contributed by atoms with Crippen molar-refractivity contribution < 1.29 is 23.8 Å². The summed E-state index contributed by atoms with van der Waals surface area (Å²) in [5.41, 5.74) is 1.68. The smallest absolute Gasteiger partial charge is 0.326 e. The number of aliphatic carboxylic acids is 1. The fourth-order valence-electron chi connectivity index (χ4n) is 2.84. The van der Waals surface area contributed by atoms with E-state index in [0.717, 1.165) is 10.9 Å². The summed E-state index contributed by atoms with van der Waals surface area (Å²) in [5.74, 6) is -1.29. The van der Waals surface area contributed by atoms with E-state index in [4.69, 9.17) is 9.15 Å². The number of likely N-dealkylation sites (tertiary alicyclic amines) is 1. The van der Waals surface area contributed by atoms with Gasteiger partial charge in [0.15, 0.2) is 5.76 Å². The van der Waals surface area contributed by atoms with Gasteiger partial charge >= 0.3 is 5.97 Å². The Morgan fingerprint density at radius 1 is 1.36 bits per heavy atom. The van der Waals surface area contributed by atoms with Crippen LogP contribution in [-0.4, -0.2) is 47.7 Å². The number of carboxylic acids is 1. The molecule has 1 N–H and O–H groups in total. The highest BCUT2D eigenvalue weighted by Crippen LogP contribution is 2.26. The predicted molar refractivity (Wildman–Crippen MR) is 78.8 cm³/mol. The monoisotopic (exact) mass is 303 g/mol. The van der Waals surface area contributed by atoms with Crippen LogP contribution in [0.25, 0.3) is 11.0 Å². The Morgan fingerprint density at radius 2 is 2.14 bits per heavy atom. The number of amides is 1. The van der Waals surface area contributed by atoms with Crippen LogP contribution < -0.4 is 0 Å². The molecule has 1 saturated heterocycles. The van der Waals surface area contributed by atoms with E-state index in [-0.39, 0.29) is 24.8 Å². The van der Waals surface area contributed by atoms with Crippen LogP contribution in [0, 0.1) is 6.92 Å². The summed E-state index contributed by atoms with van der Waals surface area (Å²) in [4.78, 5) is 25.2. The molecule has 2 aromatic rings. The number of ether oxygens (including phenoxy) is 1. The summed E-state index contributed by atoms with van der Waals surface area (Å²) in [6.07, 6.45) is 0.0216. The molecule has 0 spiro atoms. The van der Waals surface area contributed by atoms with Gasteiger partial charge < -0.3 is 19.2 Å². The lowest BCUT2D eigenvalue weighted by Crippen LogP contribution is -2.40. The van der Waals surface area contributed by atoms with Gasteiger partial charge in [0, 0.05) is 25.5 Å². The van der Waals surface area contributed by atoms with E-state index in [0.29, 0.717) is 5.58 Å². The second-order valence-electron chi connectivity index (χ2n) is 5.56. The predicted octanol–water partition coefficient (Wildman–Crippen LogP) is 2.06. The van der Waals surface area contributed by atoms with Crippen molar-refractivity contribution in [2.75, 3.05) is 13.7 Å². The molecule has 1 aromatic heterocycles. The second-order valence-corrected chi connectivity index (χ2v) is 5.56. The number of aryl methyl sites for hydroxylation is 1. The van der Waals surface area contributed by atoms with Crippen LogP contribution in [0.2, 0.25) is 0 Å². The van der Waals surface area contributed by atoms with Gasteiger partial charge in [0.1, 0.15) is 11.6 Å². The molecular formula is C16H17NO5. The third-order valence-corrected chi connectivity index (χ3v) is 4.02. The molecule has 1 aliphatic heterocycles. The molecule has 0 saturated carbocycles. The zero-order valence-corrected chi connectivity index (χ0v) is 12.4. The normalized spacial score (nSPS) is 21.5. The summed E-state index contributed by atoms with van der Waals surface area (Å²) in [6.45, 7) is 2.21. The number of hydrogen-bond acceptors (Lipinski definition) is 4. The molecular weight excluding hydrogens is 286 g/mol. The molecule has 1 aliphatic rings. The first-order valence-corrected chi connectivity index (χ1v) is 7.06. The minimum Gasteiger partial charge on any atom is -0.480 e. The van der Waals surface area contributed by atoms with Gasteiger partial charge in [-0.05, 0) is 25.1 Å². The molecule has 1 aromatic carbocycles. The van der Waals surface area contributed by atoms with Gasteiger partial charge in [0.05, 0.1) is 6.10 Å². The first kappa shape index (κ1) is 14.6. The Hall–Kier alpha value is -2.34. The highest BCUT2D eigenvalue weighted by molar-refractivity contribution is 5.98. The molecule has 6 heteroatoms. The van der Waals surface area contributed by atoms with Crippen LogP contribution in [0.5, 0.6) is 0 Å². The first-order chi connectivity index (χ1) is 10.5. The van der Waals surface area contributed by atoms with Crippen LogP contribution >= 0.6 is 0 Å². The zero-order chi connectivity index (χ0) is 15.9. The SMILES string of the molecule is COC1CC(C(=O)O)N(C(=O)c2cc3cc(C)ccc3o2)C1. The van der Waals surface area contributed by atoms with Gasteiger partial charge in [-0.25, -0.2) is 4.79 Å². The summed E-state index contributed by atoms with van der Waals surface area (Å²) >= 11 is 0. The molecule has 2 heterocycles. The Bertz CT molecular complexity index is 735. The minimum absolute atomic E-state index is 0.156. The Morgan fingerprint density at radius 3 is 2.82 bits per heavy atom. The maximum Gasteiger partial charge on any atom is 0.326 e. The second kappa shape index (κ2) is 5.46. The van der Waals surface area contributed by atoms with Gasteiger partial charge in [-0.3, -0.25) is 4.79 Å². The molecule has 2 unspecified atom stereocenters. The average Bonchev–Trinajstić information content (AvgIpc) is 3.09. The van der Waals surface area contributed by atoms with E-state index in [2.05, 4.69) is 0 Å². The van der Waals surface area contributed by atoms with Crippen molar-refractivity contribution in [1.29, 1.82) is 0 Å². The van der Waals surface area contributed by atoms with Gasteiger partial charge in [-0.2, -0.15) is 0 Å². The van der Waals surface area contributed by atoms with Crippen molar-refractivity contribution >= 4 is 22.8 Å². The number of fused-ring (bicyclic) bond motifs is 1. The minimum atomic E-state index is -1.03. The molecule has 22 heavy (non-hydrogen) atoms. The third-order valence-electron chi connectivity index (χ3n) is 4.02. The van der Waals surface area contributed by atoms with E-state index in [9.17, 15) is 14.7 Å². The van der Waals surface area contributed by atoms with E-state index in [1.165, 1.54) is 12.0 Å². The third kappa shape index (κ3) is 2.46. The molecule has 0 bridgehead atoms. The highest BCUT2D eigenvalue weighted by atomic mass is 16.5. The quantitative estimate of drug-likeness (QED) is 0.938. The number of carbonyl (C=O) groups excluding carboxylic acids is 1. The maximum atomic E-state index is 12.6. The van der Waals surface area contributed by atoms with Crippen LogP contribution in [0.1, 0.15) is 22.5 Å². The standard InChI is InChI=1S/C16H17NO5/c1-9-3-4-13-10(5-9)6-14(22-13)15(18)17-8-11(21-2)7-12(17)16(19)20/h3-6,11-12H,7-8H2,1-2H3,(H,19,20). The van der Waals surface area contributed by atoms with E-state index in [1.807, 2.05) is 19.1 Å². The fourth-order valence-corrected chi connectivity index (χ4v) is 2.84. The zero-order valence-electron chi connectivity index (χ0n) is 12.4. The fraction of sp³-hybridized carbons (Fsp3) is 0.375. The average molecular weight is 303 g/mol. The molecule has 3 rings (SSSR count). The number of rotatable bonds is 3. The lowest BCUT2D eigenvalue weighted by Gasteiger charge is -2.19. The van der Waals surface area contributed by atoms with Crippen LogP contribution in [0.15, 0.2) is 28.7 Å². The lowest BCUT2D eigenvalue weighted by molar-refractivity contribution is -0.141. The Kier molecular flexibility index (Phi) is 3.62. The highest BCUT2D eigenvalue weighted by Gasteiger charge is 2.41. The van der Waals surface area contributed by atoms with Crippen molar-refractivity contribution in [3.8, 4) is 0 Å². The number of nitrogens with zero attached hydrogens (tertiary/aromatic N) is 1. The van der Waals surface area contributed by atoms with Gasteiger partial charge in [-0.15, -0.1) is 0 Å². The summed E-state index contributed by atoms with van der Waals surface area (Å²) in [7, 11) is 1.52. The molecule has 0 aliphatic carbocycles. The largest absolute Gasteiger partial charge is 0.480 e. The van der Waals surface area contributed by atoms with Crippen molar-refractivity contribution in [2.45, 2.75) is 25.5 Å². The molecule has 116 valence electrons. The topological polar surface area (TPSA) is 80.0 Å². The first-order valence-electron chi connectivity index (χ1n) is 7.06. The molecule has 6 nitrogen and oxygen atoms in total. The van der Waals surface area contributed by atoms with E-state index >= 15 is 0 Å². The molecule has 1 amide bonds. The van der Waals surface area contributed by atoms with E-state index < -0.39 is 17.9 Å². The summed E-state index contributed by atoms with van der Waals surface area (Å²) in [5, 5.41) is 10.1. The summed E-state index contributed by atoms with van der Waals surface area (Å²) < 4.78 is 10.8. The Labute approximate surface area is 127 Å². The van der Waals surface area contributed by atoms with Gasteiger partial charge in [0.2, 0.25) is 0 Å². The van der Waals surface area contributed by atoms with Crippen molar-refractivity contribution in [2.24, 2.45) is 0 Å². The van der Waals surface area contributed by atoms with Crippen molar-refractivity contribution in [1.82, 2.24) is 4.90 Å². The number of carbonyl (C=O) groups is 2. The number of benzene rings is 1. The van der Waals surface area contributed by atoms with E-state index in [1.54, 1.807) is 12.1 Å². The molecule has 0 radical (unpaired) electrons. The molecule has 1 fully saturated rings. The van der Waals surface area contributed by atoms with Gasteiger partial charge in [-0.1, -0.05) is 11.6 Å². The number of methoxy groups -OCH3 is 1. The number of carboxylic acid groups (broad SMARTS) is 1. The van der Waals surface area contributed by atoms with Crippen LogP contribution in [0.4, 0.5) is 0 Å². The van der Waals surface area contributed by atoms with Crippen molar-refractivity contribution in [3.63, 3.8) is 0 Å². The van der Waals surface area contributed by atoms with Crippen molar-refractivity contribution in [3.05, 3.63) is 35.6 Å². The molecule has 2 atom stereocenters. The lowest BCUT2D eigenvalue weighted by atomic mass is 10.2.